The molecule has 3 rings (SSSR count). The van der Waals surface area contributed by atoms with Gasteiger partial charge in [-0.05, 0) is 23.6 Å². The van der Waals surface area contributed by atoms with Gasteiger partial charge in [0, 0.05) is 11.6 Å². The van der Waals surface area contributed by atoms with Crippen molar-refractivity contribution in [3.05, 3.63) is 66.5 Å². The van der Waals surface area contributed by atoms with Gasteiger partial charge in [0.15, 0.2) is 0 Å². The fourth-order valence-corrected chi connectivity index (χ4v) is 1.88. The number of fused-ring (bicyclic) bond motifs is 1. The zero-order chi connectivity index (χ0) is 11.5. The van der Waals surface area contributed by atoms with E-state index in [1.165, 1.54) is 10.8 Å². The molecule has 0 radical (unpaired) electrons. The second kappa shape index (κ2) is 4.26. The maximum absolute atomic E-state index is 4.52. The minimum atomic E-state index is 0.998. The highest BCUT2D eigenvalue weighted by atomic mass is 14.8. The van der Waals surface area contributed by atoms with Crippen LogP contribution in [0.15, 0.2) is 65.8 Å². The van der Waals surface area contributed by atoms with Gasteiger partial charge >= 0.3 is 0 Å². The summed E-state index contributed by atoms with van der Waals surface area (Å²) >= 11 is 0. The number of H-pyrrole nitrogens is 1. The third-order valence-corrected chi connectivity index (χ3v) is 2.73. The van der Waals surface area contributed by atoms with E-state index >= 15 is 0 Å². The number of aromatic amines is 1. The lowest BCUT2D eigenvalue weighted by Gasteiger charge is -2.00. The first kappa shape index (κ1) is 9.85. The molecule has 82 valence electrons. The average molecular weight is 220 g/mol. The van der Waals surface area contributed by atoms with Gasteiger partial charge in [-0.25, -0.2) is 0 Å². The van der Waals surface area contributed by atoms with Crippen LogP contribution in [0.5, 0.6) is 0 Å². The Hall–Kier alpha value is -2.35. The number of nitrogens with one attached hydrogen (secondary N) is 1. The molecule has 0 aliphatic carbocycles. The molecule has 2 aromatic carbocycles. The van der Waals surface area contributed by atoms with Crippen LogP contribution in [0.1, 0.15) is 5.69 Å². The van der Waals surface area contributed by atoms with E-state index in [1.54, 1.807) is 0 Å². The van der Waals surface area contributed by atoms with Gasteiger partial charge in [0.1, 0.15) is 0 Å². The first-order valence-electron chi connectivity index (χ1n) is 5.59. The Morgan fingerprint density at radius 2 is 1.76 bits per heavy atom. The Balaban J connectivity index is 2.06. The van der Waals surface area contributed by atoms with Crippen LogP contribution in [0, 0.1) is 0 Å². The smallest absolute Gasteiger partial charge is 0.0708 e. The van der Waals surface area contributed by atoms with E-state index in [0.717, 1.165) is 11.4 Å². The van der Waals surface area contributed by atoms with Crippen molar-refractivity contribution in [2.45, 2.75) is 0 Å². The van der Waals surface area contributed by atoms with Gasteiger partial charge in [0.25, 0.3) is 0 Å². The quantitative estimate of drug-likeness (QED) is 0.634. The average Bonchev–Trinajstić information content (AvgIpc) is 2.89. The summed E-state index contributed by atoms with van der Waals surface area (Å²) in [6, 6.07) is 18.4. The van der Waals surface area contributed by atoms with Crippen LogP contribution in [0.4, 0.5) is 5.69 Å². The van der Waals surface area contributed by atoms with Crippen LogP contribution >= 0.6 is 0 Å². The molecular formula is C15H12N2. The van der Waals surface area contributed by atoms with Crippen LogP contribution in [0.3, 0.4) is 0 Å². The number of hydrogen-bond donors (Lipinski definition) is 1. The monoisotopic (exact) mass is 220 g/mol. The highest BCUT2D eigenvalue weighted by Crippen LogP contribution is 2.25. The molecule has 2 nitrogen and oxygen atoms in total. The SMILES string of the molecule is C(=N\c1cccc2ccccc12)/c1ccc[nH]1. The number of nitrogens with zero attached hydrogens (tertiary/aromatic N) is 1. The lowest BCUT2D eigenvalue weighted by Crippen LogP contribution is -1.79. The van der Waals surface area contributed by atoms with Crippen molar-refractivity contribution in [1.29, 1.82) is 0 Å². The largest absolute Gasteiger partial charge is 0.360 e. The van der Waals surface area contributed by atoms with E-state index in [0.29, 0.717) is 0 Å². The second-order valence-electron chi connectivity index (χ2n) is 3.88. The molecule has 0 bridgehead atoms. The number of rotatable bonds is 2. The normalized spacial score (nSPS) is 11.3. The molecule has 1 N–H and O–H groups in total. The third-order valence-electron chi connectivity index (χ3n) is 2.73. The Kier molecular flexibility index (Phi) is 2.47. The second-order valence-corrected chi connectivity index (χ2v) is 3.88. The van der Waals surface area contributed by atoms with Crippen LogP contribution < -0.4 is 0 Å². The number of aliphatic imine (C=N–C) groups is 1. The van der Waals surface area contributed by atoms with Crippen LogP contribution in [0.25, 0.3) is 10.8 Å². The molecular weight excluding hydrogens is 208 g/mol. The molecule has 0 saturated carbocycles. The number of benzene rings is 2. The van der Waals surface area contributed by atoms with Crippen molar-refractivity contribution in [2.75, 3.05) is 0 Å². The molecule has 0 saturated heterocycles. The molecule has 0 amide bonds. The Morgan fingerprint density at radius 1 is 0.882 bits per heavy atom. The van der Waals surface area contributed by atoms with Crippen molar-refractivity contribution in [3.63, 3.8) is 0 Å². The van der Waals surface area contributed by atoms with Gasteiger partial charge in [-0.15, -0.1) is 0 Å². The molecule has 2 heteroatoms. The fraction of sp³-hybridized carbons (Fsp3) is 0. The van der Waals surface area contributed by atoms with E-state index in [-0.39, 0.29) is 0 Å². The molecule has 0 unspecified atom stereocenters. The minimum absolute atomic E-state index is 0.998. The third kappa shape index (κ3) is 1.97. The fourth-order valence-electron chi connectivity index (χ4n) is 1.88. The van der Waals surface area contributed by atoms with Crippen molar-refractivity contribution in [3.8, 4) is 0 Å². The molecule has 1 aromatic heterocycles. The van der Waals surface area contributed by atoms with Gasteiger partial charge in [0.05, 0.1) is 17.6 Å². The van der Waals surface area contributed by atoms with E-state index in [2.05, 4.69) is 28.2 Å². The summed E-state index contributed by atoms with van der Waals surface area (Å²) in [6.07, 6.45) is 3.74. The lowest BCUT2D eigenvalue weighted by molar-refractivity contribution is 1.38. The Bertz CT molecular complexity index is 646. The predicted octanol–water partition coefficient (Wildman–Crippen LogP) is 3.92. The maximum Gasteiger partial charge on any atom is 0.0708 e. The Labute approximate surface area is 99.6 Å². The summed E-state index contributed by atoms with van der Waals surface area (Å²) in [5, 5.41) is 2.39. The first-order chi connectivity index (χ1) is 8.43. The molecule has 1 heterocycles. The summed E-state index contributed by atoms with van der Waals surface area (Å²) < 4.78 is 0. The molecule has 0 aliphatic rings. The topological polar surface area (TPSA) is 28.1 Å². The molecule has 0 spiro atoms. The number of hydrogen-bond acceptors (Lipinski definition) is 1. The molecule has 0 fully saturated rings. The minimum Gasteiger partial charge on any atom is -0.360 e. The van der Waals surface area contributed by atoms with Gasteiger partial charge in [-0.3, -0.25) is 4.99 Å². The summed E-state index contributed by atoms with van der Waals surface area (Å²) in [5.74, 6) is 0. The summed E-state index contributed by atoms with van der Waals surface area (Å²) in [6.45, 7) is 0. The van der Waals surface area contributed by atoms with Crippen LogP contribution in [-0.4, -0.2) is 11.2 Å². The lowest BCUT2D eigenvalue weighted by atomic mass is 10.1. The molecule has 3 aromatic rings. The van der Waals surface area contributed by atoms with Crippen molar-refractivity contribution >= 4 is 22.7 Å². The van der Waals surface area contributed by atoms with Crippen molar-refractivity contribution in [1.82, 2.24) is 4.98 Å². The predicted molar refractivity (Wildman–Crippen MR) is 72.0 cm³/mol. The molecule has 0 aliphatic heterocycles. The highest BCUT2D eigenvalue weighted by Gasteiger charge is 1.97. The summed E-state index contributed by atoms with van der Waals surface area (Å²) in [7, 11) is 0. The van der Waals surface area contributed by atoms with E-state index in [9.17, 15) is 0 Å². The summed E-state index contributed by atoms with van der Waals surface area (Å²) in [5.41, 5.74) is 2.01. The zero-order valence-electron chi connectivity index (χ0n) is 9.30. The van der Waals surface area contributed by atoms with Gasteiger partial charge < -0.3 is 4.98 Å². The maximum atomic E-state index is 4.52. The van der Waals surface area contributed by atoms with Crippen LogP contribution in [0.2, 0.25) is 0 Å². The van der Waals surface area contributed by atoms with E-state index in [1.807, 2.05) is 48.8 Å². The van der Waals surface area contributed by atoms with Crippen molar-refractivity contribution in [2.24, 2.45) is 4.99 Å². The van der Waals surface area contributed by atoms with Crippen molar-refractivity contribution < 1.29 is 0 Å². The van der Waals surface area contributed by atoms with Gasteiger partial charge in [0.2, 0.25) is 0 Å². The number of aromatic nitrogens is 1. The van der Waals surface area contributed by atoms with Crippen LogP contribution in [-0.2, 0) is 0 Å². The standard InChI is InChI=1S/C15H12N2/c1-2-8-14-12(5-1)6-3-9-15(14)17-11-13-7-4-10-16-13/h1-11,16H/b17-11+. The molecule has 0 atom stereocenters. The van der Waals surface area contributed by atoms with E-state index in [4.69, 9.17) is 0 Å². The zero-order valence-corrected chi connectivity index (χ0v) is 9.30. The summed E-state index contributed by atoms with van der Waals surface area (Å²) in [4.78, 5) is 7.63. The van der Waals surface area contributed by atoms with Gasteiger partial charge in [-0.1, -0.05) is 36.4 Å². The van der Waals surface area contributed by atoms with E-state index < -0.39 is 0 Å². The molecule has 17 heavy (non-hydrogen) atoms. The highest BCUT2D eigenvalue weighted by molar-refractivity contribution is 5.94. The Morgan fingerprint density at radius 3 is 2.65 bits per heavy atom. The van der Waals surface area contributed by atoms with Gasteiger partial charge in [-0.2, -0.15) is 0 Å². The first-order valence-corrected chi connectivity index (χ1v) is 5.59.